The minimum Gasteiger partial charge on any atom is -0.425 e. The Kier molecular flexibility index (Phi) is 5.34. The number of rotatable bonds is 7. The Labute approximate surface area is 138 Å². The van der Waals surface area contributed by atoms with Crippen LogP contribution in [-0.4, -0.2) is 34.1 Å². The summed E-state index contributed by atoms with van der Waals surface area (Å²) in [7, 11) is 0. The van der Waals surface area contributed by atoms with Gasteiger partial charge in [-0.3, -0.25) is 4.79 Å². The molecule has 0 unspecified atom stereocenters. The molecule has 5 nitrogen and oxygen atoms in total. The first-order chi connectivity index (χ1) is 11.2. The third-order valence-electron chi connectivity index (χ3n) is 5.16. The Bertz CT molecular complexity index is 510. The van der Waals surface area contributed by atoms with Crippen LogP contribution in [0, 0.1) is 5.92 Å². The van der Waals surface area contributed by atoms with Gasteiger partial charge in [-0.2, -0.15) is 0 Å². The lowest BCUT2D eigenvalue weighted by Crippen LogP contribution is -2.41. The number of hydrogen-bond donors (Lipinski definition) is 0. The van der Waals surface area contributed by atoms with Crippen LogP contribution in [0.1, 0.15) is 88.8 Å². The number of nitrogens with zero attached hydrogens (tertiary/aromatic N) is 3. The van der Waals surface area contributed by atoms with Crippen LogP contribution >= 0.6 is 0 Å². The molecule has 1 aliphatic heterocycles. The summed E-state index contributed by atoms with van der Waals surface area (Å²) in [5, 5.41) is 8.43. The van der Waals surface area contributed by atoms with Crippen LogP contribution in [0.25, 0.3) is 0 Å². The van der Waals surface area contributed by atoms with Crippen LogP contribution in [-0.2, 0) is 4.79 Å². The number of aromatic nitrogens is 2. The van der Waals surface area contributed by atoms with Crippen molar-refractivity contribution in [2.24, 2.45) is 5.92 Å². The van der Waals surface area contributed by atoms with Gasteiger partial charge >= 0.3 is 0 Å². The van der Waals surface area contributed by atoms with Crippen molar-refractivity contribution in [2.75, 3.05) is 13.1 Å². The zero-order chi connectivity index (χ0) is 16.2. The molecule has 3 rings (SSSR count). The summed E-state index contributed by atoms with van der Waals surface area (Å²) >= 11 is 0. The number of carbonyl (C=O) groups is 1. The van der Waals surface area contributed by atoms with E-state index >= 15 is 0 Å². The van der Waals surface area contributed by atoms with Gasteiger partial charge in [0.05, 0.1) is 0 Å². The molecule has 1 aromatic heterocycles. The lowest BCUT2D eigenvalue weighted by atomic mass is 9.92. The Hall–Kier alpha value is -1.39. The van der Waals surface area contributed by atoms with E-state index in [1.54, 1.807) is 0 Å². The highest BCUT2D eigenvalue weighted by Crippen LogP contribution is 2.40. The van der Waals surface area contributed by atoms with Crippen molar-refractivity contribution >= 4 is 5.91 Å². The van der Waals surface area contributed by atoms with Crippen molar-refractivity contribution in [3.8, 4) is 0 Å². The van der Waals surface area contributed by atoms with Crippen LogP contribution < -0.4 is 0 Å². The molecule has 2 heterocycles. The van der Waals surface area contributed by atoms with Gasteiger partial charge in [-0.1, -0.05) is 26.7 Å². The fraction of sp³-hybridized carbons (Fsp3) is 0.833. The zero-order valence-corrected chi connectivity index (χ0v) is 14.5. The first-order valence-electron chi connectivity index (χ1n) is 9.35. The van der Waals surface area contributed by atoms with Gasteiger partial charge in [0.1, 0.15) is 0 Å². The van der Waals surface area contributed by atoms with Gasteiger partial charge in [0.25, 0.3) is 0 Å². The van der Waals surface area contributed by atoms with Gasteiger partial charge in [-0.25, -0.2) is 0 Å². The molecule has 1 amide bonds. The summed E-state index contributed by atoms with van der Waals surface area (Å²) in [6, 6.07) is 0. The maximum absolute atomic E-state index is 12.7. The van der Waals surface area contributed by atoms with Crippen molar-refractivity contribution in [3.05, 3.63) is 11.8 Å². The van der Waals surface area contributed by atoms with Gasteiger partial charge in [0, 0.05) is 30.8 Å². The lowest BCUT2D eigenvalue weighted by Gasteiger charge is -2.33. The van der Waals surface area contributed by atoms with Gasteiger partial charge < -0.3 is 9.32 Å². The van der Waals surface area contributed by atoms with E-state index in [1.165, 1.54) is 12.8 Å². The van der Waals surface area contributed by atoms with Gasteiger partial charge in [-0.05, 0) is 38.5 Å². The Morgan fingerprint density at radius 2 is 1.57 bits per heavy atom. The standard InChI is InChI=1S/C18H29N3O2/c1-3-5-15(6-4-2)18(22)21-11-9-14(10-12-21)17-20-19-16(23-17)13-7-8-13/h13-15H,3-12H2,1-2H3. The molecule has 1 saturated carbocycles. The number of hydrogen-bond acceptors (Lipinski definition) is 4. The summed E-state index contributed by atoms with van der Waals surface area (Å²) in [6.45, 7) is 5.98. The monoisotopic (exact) mass is 319 g/mol. The average molecular weight is 319 g/mol. The van der Waals surface area contributed by atoms with E-state index in [0.29, 0.717) is 17.7 Å². The second-order valence-electron chi connectivity index (χ2n) is 7.13. The fourth-order valence-corrected chi connectivity index (χ4v) is 3.60. The predicted octanol–water partition coefficient (Wildman–Crippen LogP) is 3.87. The molecule has 2 aliphatic rings. The number of carbonyl (C=O) groups excluding carboxylic acids is 1. The van der Waals surface area contributed by atoms with Crippen molar-refractivity contribution in [1.82, 2.24) is 15.1 Å². The molecule has 1 aliphatic carbocycles. The Balaban J connectivity index is 1.53. The summed E-state index contributed by atoms with van der Waals surface area (Å²) in [5.41, 5.74) is 0. The van der Waals surface area contributed by atoms with Crippen LogP contribution in [0.2, 0.25) is 0 Å². The Morgan fingerprint density at radius 3 is 2.04 bits per heavy atom. The molecule has 5 heteroatoms. The van der Waals surface area contributed by atoms with E-state index in [2.05, 4.69) is 28.9 Å². The summed E-state index contributed by atoms with van der Waals surface area (Å²) < 4.78 is 5.84. The smallest absolute Gasteiger partial charge is 0.225 e. The molecule has 0 radical (unpaired) electrons. The molecule has 0 N–H and O–H groups in total. The fourth-order valence-electron chi connectivity index (χ4n) is 3.60. The molecule has 0 atom stereocenters. The molecule has 23 heavy (non-hydrogen) atoms. The molecule has 0 aromatic carbocycles. The molecule has 128 valence electrons. The van der Waals surface area contributed by atoms with E-state index < -0.39 is 0 Å². The minimum absolute atomic E-state index is 0.214. The van der Waals surface area contributed by atoms with Crippen LogP contribution in [0.4, 0.5) is 0 Å². The van der Waals surface area contributed by atoms with E-state index in [0.717, 1.165) is 63.4 Å². The van der Waals surface area contributed by atoms with Crippen molar-refractivity contribution in [3.63, 3.8) is 0 Å². The van der Waals surface area contributed by atoms with E-state index in [9.17, 15) is 4.79 Å². The number of likely N-dealkylation sites (tertiary alicyclic amines) is 1. The highest BCUT2D eigenvalue weighted by molar-refractivity contribution is 5.78. The predicted molar refractivity (Wildman–Crippen MR) is 88.1 cm³/mol. The quantitative estimate of drug-likeness (QED) is 0.765. The molecule has 1 saturated heterocycles. The lowest BCUT2D eigenvalue weighted by molar-refractivity contribution is -0.137. The molecule has 0 spiro atoms. The zero-order valence-electron chi connectivity index (χ0n) is 14.5. The van der Waals surface area contributed by atoms with Crippen molar-refractivity contribution < 1.29 is 9.21 Å². The third kappa shape index (κ3) is 3.93. The van der Waals surface area contributed by atoms with Crippen LogP contribution in [0.3, 0.4) is 0 Å². The minimum atomic E-state index is 0.214. The first kappa shape index (κ1) is 16.5. The molecule has 0 bridgehead atoms. The Morgan fingerprint density at radius 1 is 1.04 bits per heavy atom. The number of amides is 1. The van der Waals surface area contributed by atoms with Crippen molar-refractivity contribution in [1.29, 1.82) is 0 Å². The third-order valence-corrected chi connectivity index (χ3v) is 5.16. The molecular weight excluding hydrogens is 290 g/mol. The van der Waals surface area contributed by atoms with Crippen LogP contribution in [0.5, 0.6) is 0 Å². The highest BCUT2D eigenvalue weighted by atomic mass is 16.4. The molecule has 1 aromatic rings. The average Bonchev–Trinajstić information content (AvgIpc) is 3.31. The first-order valence-corrected chi connectivity index (χ1v) is 9.35. The second-order valence-corrected chi connectivity index (χ2v) is 7.13. The summed E-state index contributed by atoms with van der Waals surface area (Å²) in [6.07, 6.45) is 8.46. The van der Waals surface area contributed by atoms with E-state index in [4.69, 9.17) is 4.42 Å². The maximum Gasteiger partial charge on any atom is 0.225 e. The second kappa shape index (κ2) is 7.45. The normalized spacial score (nSPS) is 19.5. The summed E-state index contributed by atoms with van der Waals surface area (Å²) in [5.74, 6) is 3.03. The van der Waals surface area contributed by atoms with Gasteiger partial charge in [0.2, 0.25) is 17.7 Å². The van der Waals surface area contributed by atoms with Crippen molar-refractivity contribution in [2.45, 2.75) is 77.0 Å². The van der Waals surface area contributed by atoms with Gasteiger partial charge in [0.15, 0.2) is 0 Å². The van der Waals surface area contributed by atoms with E-state index in [1.807, 2.05) is 0 Å². The maximum atomic E-state index is 12.7. The summed E-state index contributed by atoms with van der Waals surface area (Å²) in [4.78, 5) is 14.8. The van der Waals surface area contributed by atoms with Crippen LogP contribution in [0.15, 0.2) is 4.42 Å². The SMILES string of the molecule is CCCC(CCC)C(=O)N1CCC(c2nnc(C3CC3)o2)CC1. The molecule has 2 fully saturated rings. The van der Waals surface area contributed by atoms with Gasteiger partial charge in [-0.15, -0.1) is 10.2 Å². The topological polar surface area (TPSA) is 59.2 Å². The highest BCUT2D eigenvalue weighted by Gasteiger charge is 2.33. The molecular formula is C18H29N3O2. The van der Waals surface area contributed by atoms with E-state index in [-0.39, 0.29) is 5.92 Å². The number of piperidine rings is 1. The largest absolute Gasteiger partial charge is 0.425 e.